The van der Waals surface area contributed by atoms with E-state index in [4.69, 9.17) is 10.2 Å². The molecule has 15 heavy (non-hydrogen) atoms. The summed E-state index contributed by atoms with van der Waals surface area (Å²) in [5.74, 6) is 0. The fraction of sp³-hybridized carbons (Fsp3) is 0.455. The van der Waals surface area contributed by atoms with Gasteiger partial charge in [-0.05, 0) is 30.2 Å². The lowest BCUT2D eigenvalue weighted by Gasteiger charge is -2.10. The molecule has 3 N–H and O–H groups in total. The molecule has 3 nitrogen and oxygen atoms in total. The van der Waals surface area contributed by atoms with Gasteiger partial charge in [-0.3, -0.25) is 0 Å². The van der Waals surface area contributed by atoms with E-state index in [0.717, 1.165) is 4.47 Å². The van der Waals surface area contributed by atoms with Crippen LogP contribution >= 0.6 is 15.9 Å². The van der Waals surface area contributed by atoms with E-state index in [-0.39, 0.29) is 6.61 Å². The molecule has 1 atom stereocenters. The number of hydrogen-bond acceptors (Lipinski definition) is 3. The van der Waals surface area contributed by atoms with Crippen LogP contribution in [0.15, 0.2) is 22.7 Å². The Hall–Kier alpha value is -0.420. The lowest BCUT2D eigenvalue weighted by atomic mass is 10.1. The van der Waals surface area contributed by atoms with Crippen molar-refractivity contribution in [3.63, 3.8) is 0 Å². The highest BCUT2D eigenvalue weighted by atomic mass is 79.9. The summed E-state index contributed by atoms with van der Waals surface area (Å²) in [5, 5.41) is 20.9. The summed E-state index contributed by atoms with van der Waals surface area (Å²) >= 11 is 3.41. The second kappa shape index (κ2) is 6.23. The van der Waals surface area contributed by atoms with Gasteiger partial charge < -0.3 is 15.5 Å². The van der Waals surface area contributed by atoms with Gasteiger partial charge in [-0.1, -0.05) is 22.0 Å². The van der Waals surface area contributed by atoms with Crippen molar-refractivity contribution >= 4 is 15.9 Å². The van der Waals surface area contributed by atoms with E-state index in [0.29, 0.717) is 13.1 Å². The van der Waals surface area contributed by atoms with Gasteiger partial charge >= 0.3 is 0 Å². The minimum Gasteiger partial charge on any atom is -0.394 e. The van der Waals surface area contributed by atoms with E-state index < -0.39 is 6.10 Å². The van der Waals surface area contributed by atoms with Gasteiger partial charge in [0.15, 0.2) is 0 Å². The first-order valence-electron chi connectivity index (χ1n) is 4.88. The molecule has 0 fully saturated rings. The van der Waals surface area contributed by atoms with Crippen LogP contribution in [-0.2, 0) is 6.54 Å². The van der Waals surface area contributed by atoms with Gasteiger partial charge in [0.1, 0.15) is 0 Å². The molecule has 0 aliphatic rings. The summed E-state index contributed by atoms with van der Waals surface area (Å²) < 4.78 is 1.05. The van der Waals surface area contributed by atoms with Crippen LogP contribution in [0.25, 0.3) is 0 Å². The van der Waals surface area contributed by atoms with Gasteiger partial charge in [0.2, 0.25) is 0 Å². The monoisotopic (exact) mass is 273 g/mol. The maximum Gasteiger partial charge on any atom is 0.0895 e. The number of benzene rings is 1. The SMILES string of the molecule is Cc1ccc(Br)cc1CNCC(O)CO. The number of hydrogen-bond donors (Lipinski definition) is 3. The van der Waals surface area contributed by atoms with Gasteiger partial charge in [0.05, 0.1) is 12.7 Å². The highest BCUT2D eigenvalue weighted by Crippen LogP contribution is 2.15. The summed E-state index contributed by atoms with van der Waals surface area (Å²) in [4.78, 5) is 0. The van der Waals surface area contributed by atoms with Crippen LogP contribution in [0.3, 0.4) is 0 Å². The van der Waals surface area contributed by atoms with Crippen molar-refractivity contribution in [2.24, 2.45) is 0 Å². The molecule has 0 amide bonds. The van der Waals surface area contributed by atoms with E-state index in [1.807, 2.05) is 25.1 Å². The number of nitrogens with one attached hydrogen (secondary N) is 1. The zero-order valence-corrected chi connectivity index (χ0v) is 10.3. The Morgan fingerprint density at radius 1 is 1.47 bits per heavy atom. The van der Waals surface area contributed by atoms with E-state index in [2.05, 4.69) is 21.2 Å². The predicted octanol–water partition coefficient (Wildman–Crippen LogP) is 1.20. The molecule has 1 aromatic rings. The van der Waals surface area contributed by atoms with Crippen molar-refractivity contribution in [1.82, 2.24) is 5.32 Å². The van der Waals surface area contributed by atoms with Gasteiger partial charge in [-0.15, -0.1) is 0 Å². The first-order chi connectivity index (χ1) is 7.13. The van der Waals surface area contributed by atoms with Crippen molar-refractivity contribution in [3.8, 4) is 0 Å². The highest BCUT2D eigenvalue weighted by molar-refractivity contribution is 9.10. The van der Waals surface area contributed by atoms with Crippen LogP contribution in [0.4, 0.5) is 0 Å². The van der Waals surface area contributed by atoms with Crippen molar-refractivity contribution < 1.29 is 10.2 Å². The number of halogens is 1. The molecule has 0 heterocycles. The van der Waals surface area contributed by atoms with Crippen LogP contribution in [0.2, 0.25) is 0 Å². The van der Waals surface area contributed by atoms with Crippen LogP contribution in [0, 0.1) is 6.92 Å². The highest BCUT2D eigenvalue weighted by Gasteiger charge is 2.02. The molecule has 1 unspecified atom stereocenters. The van der Waals surface area contributed by atoms with Crippen molar-refractivity contribution in [2.45, 2.75) is 19.6 Å². The van der Waals surface area contributed by atoms with Gasteiger partial charge in [-0.2, -0.15) is 0 Å². The topological polar surface area (TPSA) is 52.5 Å². The van der Waals surface area contributed by atoms with Gasteiger partial charge in [-0.25, -0.2) is 0 Å². The largest absolute Gasteiger partial charge is 0.394 e. The van der Waals surface area contributed by atoms with Crippen molar-refractivity contribution in [2.75, 3.05) is 13.2 Å². The third kappa shape index (κ3) is 4.30. The molecule has 0 radical (unpaired) electrons. The molecule has 0 spiro atoms. The minimum absolute atomic E-state index is 0.204. The average molecular weight is 274 g/mol. The lowest BCUT2D eigenvalue weighted by Crippen LogP contribution is -2.29. The van der Waals surface area contributed by atoms with E-state index >= 15 is 0 Å². The average Bonchev–Trinajstić information content (AvgIpc) is 2.23. The molecule has 1 aromatic carbocycles. The molecule has 4 heteroatoms. The summed E-state index contributed by atoms with van der Waals surface area (Å²) in [6.07, 6.45) is -0.683. The Balaban J connectivity index is 2.46. The lowest BCUT2D eigenvalue weighted by molar-refractivity contribution is 0.0942. The molecular formula is C11H16BrNO2. The molecule has 0 saturated carbocycles. The Kier molecular flexibility index (Phi) is 5.25. The molecule has 84 valence electrons. The zero-order chi connectivity index (χ0) is 11.3. The smallest absolute Gasteiger partial charge is 0.0895 e. The van der Waals surface area contributed by atoms with E-state index in [9.17, 15) is 0 Å². The molecule has 0 aliphatic heterocycles. The minimum atomic E-state index is -0.683. The molecule has 0 aromatic heterocycles. The maximum absolute atomic E-state index is 9.14. The van der Waals surface area contributed by atoms with Crippen molar-refractivity contribution in [1.29, 1.82) is 0 Å². The van der Waals surface area contributed by atoms with Gasteiger partial charge in [0.25, 0.3) is 0 Å². The number of aliphatic hydroxyl groups excluding tert-OH is 2. The fourth-order valence-corrected chi connectivity index (χ4v) is 1.68. The predicted molar refractivity (Wildman–Crippen MR) is 63.7 cm³/mol. The molecule has 0 bridgehead atoms. The second-order valence-corrected chi connectivity index (χ2v) is 4.45. The Bertz CT molecular complexity index is 317. The molecule has 0 aliphatic carbocycles. The zero-order valence-electron chi connectivity index (χ0n) is 8.70. The maximum atomic E-state index is 9.14. The quantitative estimate of drug-likeness (QED) is 0.756. The summed E-state index contributed by atoms with van der Waals surface area (Å²) in [7, 11) is 0. The molecule has 1 rings (SSSR count). The van der Waals surface area contributed by atoms with Gasteiger partial charge in [0, 0.05) is 17.6 Å². The standard InChI is InChI=1S/C11H16BrNO2/c1-8-2-3-10(12)4-9(8)5-13-6-11(15)7-14/h2-4,11,13-15H,5-7H2,1H3. The van der Waals surface area contributed by atoms with E-state index in [1.165, 1.54) is 11.1 Å². The summed E-state index contributed by atoms with van der Waals surface area (Å²) in [6.45, 7) is 2.95. The second-order valence-electron chi connectivity index (χ2n) is 3.54. The number of aryl methyl sites for hydroxylation is 1. The fourth-order valence-electron chi connectivity index (χ4n) is 1.27. The van der Waals surface area contributed by atoms with Crippen LogP contribution < -0.4 is 5.32 Å². The van der Waals surface area contributed by atoms with Crippen molar-refractivity contribution in [3.05, 3.63) is 33.8 Å². The summed E-state index contributed by atoms with van der Waals surface area (Å²) in [5.41, 5.74) is 2.40. The number of rotatable bonds is 5. The number of aliphatic hydroxyl groups is 2. The Morgan fingerprint density at radius 2 is 2.20 bits per heavy atom. The van der Waals surface area contributed by atoms with Crippen LogP contribution in [0.1, 0.15) is 11.1 Å². The third-order valence-electron chi connectivity index (χ3n) is 2.22. The Morgan fingerprint density at radius 3 is 2.87 bits per heavy atom. The third-order valence-corrected chi connectivity index (χ3v) is 2.71. The summed E-state index contributed by atoms with van der Waals surface area (Å²) in [6, 6.07) is 6.10. The Labute approximate surface area is 98.3 Å². The van der Waals surface area contributed by atoms with E-state index in [1.54, 1.807) is 0 Å². The van der Waals surface area contributed by atoms with Crippen LogP contribution in [-0.4, -0.2) is 29.5 Å². The van der Waals surface area contributed by atoms with Crippen LogP contribution in [0.5, 0.6) is 0 Å². The molecule has 0 saturated heterocycles. The first kappa shape index (κ1) is 12.6. The first-order valence-corrected chi connectivity index (χ1v) is 5.67. The molecular weight excluding hydrogens is 258 g/mol. The normalized spacial score (nSPS) is 12.8.